The quantitative estimate of drug-likeness (QED) is 0.612. The van der Waals surface area contributed by atoms with Gasteiger partial charge in [0.1, 0.15) is 6.29 Å². The van der Waals surface area contributed by atoms with Gasteiger partial charge in [-0.2, -0.15) is 5.01 Å². The van der Waals surface area contributed by atoms with Gasteiger partial charge < -0.3 is 0 Å². The molecule has 2 aliphatic heterocycles. The third-order valence-electron chi connectivity index (χ3n) is 4.98. The molecule has 19 heavy (non-hydrogen) atoms. The third-order valence-corrected chi connectivity index (χ3v) is 4.98. The summed E-state index contributed by atoms with van der Waals surface area (Å²) in [5, 5.41) is 13.3. The van der Waals surface area contributed by atoms with Gasteiger partial charge in [0.2, 0.25) is 0 Å². The van der Waals surface area contributed by atoms with Gasteiger partial charge in [-0.05, 0) is 32.1 Å². The van der Waals surface area contributed by atoms with Gasteiger partial charge in [-0.15, -0.1) is 0 Å². The van der Waals surface area contributed by atoms with Gasteiger partial charge in [0, 0.05) is 12.1 Å². The monoisotopic (exact) mass is 267 g/mol. The second-order valence-electron chi connectivity index (χ2n) is 6.47. The number of fused-ring (bicyclic) bond motifs is 1. The van der Waals surface area contributed by atoms with Gasteiger partial charge >= 0.3 is 0 Å². The molecular formula is C14H29N5. The van der Waals surface area contributed by atoms with Crippen molar-refractivity contribution < 1.29 is 0 Å². The molecule has 5 atom stereocenters. The van der Waals surface area contributed by atoms with E-state index in [0.29, 0.717) is 18.2 Å². The Morgan fingerprint density at radius 3 is 3.00 bits per heavy atom. The molecule has 5 heteroatoms. The first-order valence-electron chi connectivity index (χ1n) is 8.03. The van der Waals surface area contributed by atoms with Crippen LogP contribution in [0.4, 0.5) is 0 Å². The fourth-order valence-corrected chi connectivity index (χ4v) is 3.87. The van der Waals surface area contributed by atoms with Crippen molar-refractivity contribution in [3.05, 3.63) is 0 Å². The van der Waals surface area contributed by atoms with Gasteiger partial charge in [0.05, 0.1) is 12.8 Å². The molecule has 0 aromatic carbocycles. The van der Waals surface area contributed by atoms with E-state index in [4.69, 9.17) is 0 Å². The number of hydrogen-bond donors (Lipinski definition) is 4. The minimum atomic E-state index is 0.284. The molecule has 3 fully saturated rings. The summed E-state index contributed by atoms with van der Waals surface area (Å²) < 4.78 is 0. The van der Waals surface area contributed by atoms with Crippen LogP contribution in [0.5, 0.6) is 0 Å². The lowest BCUT2D eigenvalue weighted by molar-refractivity contribution is 0.0101. The van der Waals surface area contributed by atoms with Gasteiger partial charge in [-0.1, -0.05) is 26.2 Å². The molecule has 3 aliphatic rings. The van der Waals surface area contributed by atoms with Crippen molar-refractivity contribution in [2.24, 2.45) is 5.92 Å². The first-order valence-corrected chi connectivity index (χ1v) is 8.03. The van der Waals surface area contributed by atoms with Gasteiger partial charge in [0.15, 0.2) is 0 Å². The average molecular weight is 267 g/mol. The Labute approximate surface area is 116 Å². The number of rotatable bonds is 3. The van der Waals surface area contributed by atoms with E-state index in [1.807, 2.05) is 0 Å². The Morgan fingerprint density at radius 2 is 2.16 bits per heavy atom. The summed E-state index contributed by atoms with van der Waals surface area (Å²) in [5.74, 6) is 0.936. The molecule has 2 heterocycles. The Balaban J connectivity index is 1.58. The van der Waals surface area contributed by atoms with E-state index in [2.05, 4.69) is 40.2 Å². The van der Waals surface area contributed by atoms with Crippen molar-refractivity contribution in [2.75, 3.05) is 6.67 Å². The Kier molecular flexibility index (Phi) is 4.39. The smallest absolute Gasteiger partial charge is 0.130 e. The highest BCUT2D eigenvalue weighted by Crippen LogP contribution is 2.27. The highest BCUT2D eigenvalue weighted by atomic mass is 15.7. The Morgan fingerprint density at radius 1 is 1.26 bits per heavy atom. The zero-order chi connectivity index (χ0) is 13.2. The molecule has 5 nitrogen and oxygen atoms in total. The normalized spacial score (nSPS) is 44.2. The summed E-state index contributed by atoms with van der Waals surface area (Å²) in [4.78, 5) is 0. The largest absolute Gasteiger partial charge is 0.298 e. The van der Waals surface area contributed by atoms with E-state index in [0.717, 1.165) is 12.6 Å². The van der Waals surface area contributed by atoms with Crippen LogP contribution in [0.1, 0.15) is 52.4 Å². The minimum Gasteiger partial charge on any atom is -0.298 e. The summed E-state index contributed by atoms with van der Waals surface area (Å²) in [6, 6.07) is 1.27. The number of nitrogens with zero attached hydrogens (tertiary/aromatic N) is 1. The van der Waals surface area contributed by atoms with Crippen LogP contribution in [0, 0.1) is 5.92 Å². The topological polar surface area (TPSA) is 51.4 Å². The van der Waals surface area contributed by atoms with Crippen molar-refractivity contribution in [1.82, 2.24) is 26.4 Å². The molecule has 2 saturated heterocycles. The molecular weight excluding hydrogens is 238 g/mol. The highest BCUT2D eigenvalue weighted by molar-refractivity contribution is 4.89. The second kappa shape index (κ2) is 6.06. The van der Waals surface area contributed by atoms with Crippen LogP contribution in [0.15, 0.2) is 0 Å². The maximum Gasteiger partial charge on any atom is 0.130 e. The summed E-state index contributed by atoms with van der Waals surface area (Å²) in [7, 11) is 0. The molecule has 1 saturated carbocycles. The SMILES string of the molecule is CCC1CCCC(NC2CC(C)NC3NCNN23)C1. The third kappa shape index (κ3) is 3.11. The average Bonchev–Trinajstić information content (AvgIpc) is 2.87. The van der Waals surface area contributed by atoms with Crippen molar-refractivity contribution >= 4 is 0 Å². The number of nitrogens with one attached hydrogen (secondary N) is 4. The molecule has 3 rings (SSSR count). The van der Waals surface area contributed by atoms with E-state index in [-0.39, 0.29) is 6.29 Å². The predicted molar refractivity (Wildman–Crippen MR) is 76.9 cm³/mol. The molecule has 5 unspecified atom stereocenters. The molecule has 0 bridgehead atoms. The Bertz CT molecular complexity index is 298. The van der Waals surface area contributed by atoms with Crippen LogP contribution in [-0.2, 0) is 0 Å². The van der Waals surface area contributed by atoms with E-state index in [9.17, 15) is 0 Å². The lowest BCUT2D eigenvalue weighted by Gasteiger charge is -2.43. The summed E-state index contributed by atoms with van der Waals surface area (Å²) in [5.41, 5.74) is 3.44. The van der Waals surface area contributed by atoms with E-state index in [1.165, 1.54) is 38.5 Å². The van der Waals surface area contributed by atoms with Crippen molar-refractivity contribution in [2.45, 2.75) is 76.9 Å². The van der Waals surface area contributed by atoms with Crippen LogP contribution in [-0.4, -0.2) is 36.2 Å². The van der Waals surface area contributed by atoms with Crippen molar-refractivity contribution in [1.29, 1.82) is 0 Å². The van der Waals surface area contributed by atoms with Crippen molar-refractivity contribution in [3.8, 4) is 0 Å². The fourth-order valence-electron chi connectivity index (χ4n) is 3.87. The minimum absolute atomic E-state index is 0.284. The lowest BCUT2D eigenvalue weighted by Crippen LogP contribution is -2.66. The molecule has 0 aromatic heterocycles. The molecule has 4 N–H and O–H groups in total. The molecule has 0 spiro atoms. The van der Waals surface area contributed by atoms with Crippen LogP contribution < -0.4 is 21.4 Å². The Hall–Kier alpha value is -0.200. The van der Waals surface area contributed by atoms with E-state index in [1.54, 1.807) is 0 Å². The summed E-state index contributed by atoms with van der Waals surface area (Å²) >= 11 is 0. The molecule has 1 aliphatic carbocycles. The first kappa shape index (κ1) is 13.8. The van der Waals surface area contributed by atoms with Crippen LogP contribution in [0.2, 0.25) is 0 Å². The molecule has 0 amide bonds. The van der Waals surface area contributed by atoms with Gasteiger partial charge in [0.25, 0.3) is 0 Å². The summed E-state index contributed by atoms with van der Waals surface area (Å²) in [6.07, 6.45) is 8.78. The van der Waals surface area contributed by atoms with Crippen molar-refractivity contribution in [3.63, 3.8) is 0 Å². The molecule has 0 aromatic rings. The lowest BCUT2D eigenvalue weighted by atomic mass is 9.84. The maximum atomic E-state index is 3.91. The van der Waals surface area contributed by atoms with Gasteiger partial charge in [-0.3, -0.25) is 16.0 Å². The zero-order valence-corrected chi connectivity index (χ0v) is 12.3. The maximum absolute atomic E-state index is 3.91. The highest BCUT2D eigenvalue weighted by Gasteiger charge is 2.37. The standard InChI is InChI=1S/C14H29N5/c1-3-11-5-4-6-12(8-11)18-13-7-10(2)17-14-15-9-16-19(13)14/h10-18H,3-9H2,1-2H3. The molecule has 110 valence electrons. The summed E-state index contributed by atoms with van der Waals surface area (Å²) in [6.45, 7) is 5.48. The predicted octanol–water partition coefficient (Wildman–Crippen LogP) is 0.904. The van der Waals surface area contributed by atoms with E-state index >= 15 is 0 Å². The van der Waals surface area contributed by atoms with Crippen LogP contribution >= 0.6 is 0 Å². The zero-order valence-electron chi connectivity index (χ0n) is 12.3. The van der Waals surface area contributed by atoms with E-state index < -0.39 is 0 Å². The fraction of sp³-hybridized carbons (Fsp3) is 1.00. The first-order chi connectivity index (χ1) is 9.26. The number of hydrogen-bond acceptors (Lipinski definition) is 5. The molecule has 0 radical (unpaired) electrons. The van der Waals surface area contributed by atoms with Crippen LogP contribution in [0.25, 0.3) is 0 Å². The van der Waals surface area contributed by atoms with Crippen LogP contribution in [0.3, 0.4) is 0 Å². The number of hydrazine groups is 1. The van der Waals surface area contributed by atoms with Gasteiger partial charge in [-0.25, -0.2) is 5.43 Å². The second-order valence-corrected chi connectivity index (χ2v) is 6.47.